The number of aliphatic imine (C=N–C) groups is 1. The number of aliphatic carboxylic acids is 1. The van der Waals surface area contributed by atoms with Gasteiger partial charge in [-0.05, 0) is 31.1 Å². The maximum absolute atomic E-state index is 12.8. The first-order valence-corrected chi connectivity index (χ1v) is 11.4. The lowest BCUT2D eigenvalue weighted by Gasteiger charge is -2.26. The van der Waals surface area contributed by atoms with Crippen LogP contribution in [0.2, 0.25) is 0 Å². The number of amides is 3. The first kappa shape index (κ1) is 31.1. The van der Waals surface area contributed by atoms with Crippen molar-refractivity contribution < 1.29 is 29.4 Å². The second-order valence-corrected chi connectivity index (χ2v) is 8.70. The van der Waals surface area contributed by atoms with Gasteiger partial charge in [-0.1, -0.05) is 34.1 Å². The summed E-state index contributed by atoms with van der Waals surface area (Å²) in [6.45, 7) is 6.70. The summed E-state index contributed by atoms with van der Waals surface area (Å²) >= 11 is 0. The maximum atomic E-state index is 12.8. The monoisotopic (exact) mass is 487 g/mol. The Morgan fingerprint density at radius 1 is 0.941 bits per heavy atom. The molecule has 0 aliphatic heterocycles. The Labute approximate surface area is 200 Å². The van der Waals surface area contributed by atoms with Gasteiger partial charge < -0.3 is 43.4 Å². The molecule has 0 spiro atoms. The Balaban J connectivity index is 5.19. The minimum absolute atomic E-state index is 0.0114. The molecular formula is C21H41N7O6. The average Bonchev–Trinajstić information content (AvgIpc) is 2.76. The number of carboxylic acids is 1. The molecule has 3 amide bonds. The molecule has 0 aliphatic rings. The van der Waals surface area contributed by atoms with Gasteiger partial charge in [-0.2, -0.15) is 0 Å². The van der Waals surface area contributed by atoms with Crippen molar-refractivity contribution in [2.45, 2.75) is 77.5 Å². The predicted octanol–water partition coefficient (Wildman–Crippen LogP) is -2.01. The number of carbonyl (C=O) groups excluding carboxylic acids is 3. The van der Waals surface area contributed by atoms with E-state index in [4.69, 9.17) is 17.2 Å². The quantitative estimate of drug-likeness (QED) is 0.0681. The molecular weight excluding hydrogens is 446 g/mol. The van der Waals surface area contributed by atoms with Crippen molar-refractivity contribution in [2.24, 2.45) is 34.0 Å². The van der Waals surface area contributed by atoms with E-state index in [-0.39, 0.29) is 30.6 Å². The van der Waals surface area contributed by atoms with Crippen molar-refractivity contribution in [3.8, 4) is 0 Å². The molecule has 5 atom stereocenters. The van der Waals surface area contributed by atoms with Crippen LogP contribution in [0.25, 0.3) is 0 Å². The fraction of sp³-hybridized carbons (Fsp3) is 0.762. The fourth-order valence-electron chi connectivity index (χ4n) is 3.04. The standard InChI is InChI=1S/C21H41N7O6/c1-5-12(4)16(20(33)34)28-19(32)15(10-29)27-18(31)14(9-11(2)3)26-17(30)13(22)7-6-8-25-21(23)24/h11-16,29H,5-10,22H2,1-4H3,(H,26,30)(H,27,31)(H,28,32)(H,33,34)(H4,23,24,25). The largest absolute Gasteiger partial charge is 0.480 e. The highest BCUT2D eigenvalue weighted by Crippen LogP contribution is 2.09. The second-order valence-electron chi connectivity index (χ2n) is 8.70. The van der Waals surface area contributed by atoms with Crippen molar-refractivity contribution in [3.05, 3.63) is 0 Å². The zero-order valence-electron chi connectivity index (χ0n) is 20.4. The summed E-state index contributed by atoms with van der Waals surface area (Å²) in [6, 6.07) is -4.48. The van der Waals surface area contributed by atoms with E-state index in [2.05, 4.69) is 20.9 Å². The van der Waals surface area contributed by atoms with Crippen LogP contribution in [0.1, 0.15) is 53.4 Å². The number of aliphatic hydroxyl groups is 1. The first-order chi connectivity index (χ1) is 15.8. The van der Waals surface area contributed by atoms with Gasteiger partial charge in [0.05, 0.1) is 12.6 Å². The zero-order valence-corrected chi connectivity index (χ0v) is 20.4. The van der Waals surface area contributed by atoms with E-state index in [1.165, 1.54) is 0 Å². The normalized spacial score (nSPS) is 15.4. The van der Waals surface area contributed by atoms with Gasteiger partial charge in [0.2, 0.25) is 17.7 Å². The molecule has 0 aromatic rings. The first-order valence-electron chi connectivity index (χ1n) is 11.4. The molecule has 13 heteroatoms. The smallest absolute Gasteiger partial charge is 0.326 e. The number of nitrogens with zero attached hydrogens (tertiary/aromatic N) is 1. The van der Waals surface area contributed by atoms with Crippen molar-refractivity contribution in [3.63, 3.8) is 0 Å². The topological polar surface area (TPSA) is 235 Å². The molecule has 0 aromatic heterocycles. The Kier molecular flexibility index (Phi) is 14.5. The molecule has 11 N–H and O–H groups in total. The summed E-state index contributed by atoms with van der Waals surface area (Å²) in [4.78, 5) is 53.1. The highest BCUT2D eigenvalue weighted by atomic mass is 16.4. The van der Waals surface area contributed by atoms with Gasteiger partial charge in [-0.15, -0.1) is 0 Å². The van der Waals surface area contributed by atoms with E-state index in [1.807, 2.05) is 13.8 Å². The molecule has 196 valence electrons. The van der Waals surface area contributed by atoms with Crippen molar-refractivity contribution in [1.29, 1.82) is 0 Å². The van der Waals surface area contributed by atoms with Gasteiger partial charge in [-0.3, -0.25) is 19.4 Å². The van der Waals surface area contributed by atoms with Crippen LogP contribution in [0.4, 0.5) is 0 Å². The summed E-state index contributed by atoms with van der Waals surface area (Å²) in [5.41, 5.74) is 16.4. The molecule has 0 aromatic carbocycles. The lowest BCUT2D eigenvalue weighted by molar-refractivity contribution is -0.144. The Morgan fingerprint density at radius 2 is 1.50 bits per heavy atom. The number of aliphatic hydroxyl groups excluding tert-OH is 1. The number of carbonyl (C=O) groups is 4. The number of nitrogens with one attached hydrogen (secondary N) is 3. The predicted molar refractivity (Wildman–Crippen MR) is 127 cm³/mol. The molecule has 34 heavy (non-hydrogen) atoms. The summed E-state index contributed by atoms with van der Waals surface area (Å²) in [5, 5.41) is 26.3. The molecule has 0 saturated heterocycles. The number of guanidine groups is 1. The summed E-state index contributed by atoms with van der Waals surface area (Å²) in [6.07, 6.45) is 1.50. The Bertz CT molecular complexity index is 712. The minimum Gasteiger partial charge on any atom is -0.480 e. The van der Waals surface area contributed by atoms with E-state index >= 15 is 0 Å². The van der Waals surface area contributed by atoms with Crippen LogP contribution in [0.5, 0.6) is 0 Å². The molecule has 0 rings (SSSR count). The number of hydrogen-bond acceptors (Lipinski definition) is 7. The summed E-state index contributed by atoms with van der Waals surface area (Å²) < 4.78 is 0. The number of rotatable bonds is 16. The molecule has 0 radical (unpaired) electrons. The lowest BCUT2D eigenvalue weighted by atomic mass is 9.99. The fourth-order valence-corrected chi connectivity index (χ4v) is 3.04. The third-order valence-corrected chi connectivity index (χ3v) is 5.24. The van der Waals surface area contributed by atoms with E-state index in [1.54, 1.807) is 13.8 Å². The molecule has 5 unspecified atom stereocenters. The van der Waals surface area contributed by atoms with E-state index in [0.717, 1.165) is 0 Å². The van der Waals surface area contributed by atoms with Crippen LogP contribution < -0.4 is 33.2 Å². The van der Waals surface area contributed by atoms with Crippen LogP contribution in [-0.2, 0) is 19.2 Å². The minimum atomic E-state index is -1.39. The molecule has 0 heterocycles. The highest BCUT2D eigenvalue weighted by molar-refractivity contribution is 5.94. The Hall–Kier alpha value is -2.93. The van der Waals surface area contributed by atoms with Gasteiger partial charge in [0.25, 0.3) is 0 Å². The van der Waals surface area contributed by atoms with Crippen molar-refractivity contribution in [2.75, 3.05) is 13.2 Å². The Morgan fingerprint density at radius 3 is 1.97 bits per heavy atom. The third kappa shape index (κ3) is 11.8. The second kappa shape index (κ2) is 15.8. The van der Waals surface area contributed by atoms with Crippen LogP contribution in [0.15, 0.2) is 4.99 Å². The molecule has 0 bridgehead atoms. The van der Waals surface area contributed by atoms with Gasteiger partial charge in [0.1, 0.15) is 18.1 Å². The van der Waals surface area contributed by atoms with Gasteiger partial charge in [-0.25, -0.2) is 4.79 Å². The molecule has 0 saturated carbocycles. The van der Waals surface area contributed by atoms with E-state index in [0.29, 0.717) is 19.4 Å². The lowest BCUT2D eigenvalue weighted by Crippen LogP contribution is -2.58. The molecule has 0 fully saturated rings. The van der Waals surface area contributed by atoms with Crippen LogP contribution in [-0.4, -0.2) is 77.2 Å². The van der Waals surface area contributed by atoms with Crippen LogP contribution in [0.3, 0.4) is 0 Å². The van der Waals surface area contributed by atoms with Crippen molar-refractivity contribution >= 4 is 29.7 Å². The van der Waals surface area contributed by atoms with Gasteiger partial charge >= 0.3 is 5.97 Å². The summed E-state index contributed by atoms with van der Waals surface area (Å²) in [5.74, 6) is -3.72. The SMILES string of the molecule is CCC(C)C(NC(=O)C(CO)NC(=O)C(CC(C)C)NC(=O)C(N)CCCN=C(N)N)C(=O)O. The van der Waals surface area contributed by atoms with Gasteiger partial charge in [0.15, 0.2) is 5.96 Å². The number of carboxylic acid groups (broad SMARTS) is 1. The van der Waals surface area contributed by atoms with E-state index in [9.17, 15) is 29.4 Å². The zero-order chi connectivity index (χ0) is 26.4. The number of hydrogen-bond donors (Lipinski definition) is 8. The molecule has 0 aliphatic carbocycles. The van der Waals surface area contributed by atoms with E-state index < -0.39 is 54.5 Å². The maximum Gasteiger partial charge on any atom is 0.326 e. The van der Waals surface area contributed by atoms with Crippen LogP contribution in [0, 0.1) is 11.8 Å². The third-order valence-electron chi connectivity index (χ3n) is 5.24. The van der Waals surface area contributed by atoms with Crippen molar-refractivity contribution in [1.82, 2.24) is 16.0 Å². The number of nitrogens with two attached hydrogens (primary N) is 3. The van der Waals surface area contributed by atoms with Crippen LogP contribution >= 0.6 is 0 Å². The highest BCUT2D eigenvalue weighted by Gasteiger charge is 2.31. The van der Waals surface area contributed by atoms with Gasteiger partial charge in [0, 0.05) is 6.54 Å². The molecule has 13 nitrogen and oxygen atoms in total. The summed E-state index contributed by atoms with van der Waals surface area (Å²) in [7, 11) is 0. The average molecular weight is 488 g/mol.